The molecule has 1 unspecified atom stereocenters. The molecule has 0 saturated heterocycles. The van der Waals surface area contributed by atoms with E-state index in [1.807, 2.05) is 4.57 Å². The van der Waals surface area contributed by atoms with Gasteiger partial charge >= 0.3 is 0 Å². The first-order valence-corrected chi connectivity index (χ1v) is 4.35. The minimum absolute atomic E-state index is 0.251. The highest BCUT2D eigenvalue weighted by Crippen LogP contribution is 2.09. The Morgan fingerprint density at radius 3 is 3.21 bits per heavy atom. The number of terminal acetylenes is 1. The van der Waals surface area contributed by atoms with Gasteiger partial charge in [-0.05, 0) is 0 Å². The van der Waals surface area contributed by atoms with Crippen molar-refractivity contribution in [3.05, 3.63) is 12.2 Å². The van der Waals surface area contributed by atoms with Crippen LogP contribution in [-0.2, 0) is 11.3 Å². The maximum absolute atomic E-state index is 5.82. The molecule has 5 nitrogen and oxygen atoms in total. The van der Waals surface area contributed by atoms with Crippen LogP contribution in [0.5, 0.6) is 0 Å². The molecule has 1 aromatic rings. The molecule has 0 radical (unpaired) electrons. The van der Waals surface area contributed by atoms with Crippen molar-refractivity contribution in [3.8, 4) is 12.3 Å². The third-order valence-electron chi connectivity index (χ3n) is 1.85. The fourth-order valence-electron chi connectivity index (χ4n) is 1.13. The smallest absolute Gasteiger partial charge is 0.150 e. The van der Waals surface area contributed by atoms with Crippen LogP contribution in [-0.4, -0.2) is 28.5 Å². The van der Waals surface area contributed by atoms with Crippen LogP contribution in [0.25, 0.3) is 0 Å². The third kappa shape index (κ3) is 2.55. The summed E-state index contributed by atoms with van der Waals surface area (Å²) >= 11 is 0. The largest absolute Gasteiger partial charge is 0.383 e. The van der Waals surface area contributed by atoms with Gasteiger partial charge in [0.15, 0.2) is 5.82 Å². The second-order valence-electron chi connectivity index (χ2n) is 2.89. The zero-order valence-electron chi connectivity index (χ0n) is 8.18. The van der Waals surface area contributed by atoms with Crippen molar-refractivity contribution in [2.45, 2.75) is 19.0 Å². The van der Waals surface area contributed by atoms with E-state index in [0.29, 0.717) is 25.4 Å². The van der Waals surface area contributed by atoms with E-state index in [1.54, 1.807) is 13.4 Å². The van der Waals surface area contributed by atoms with E-state index in [2.05, 4.69) is 16.1 Å². The fourth-order valence-corrected chi connectivity index (χ4v) is 1.13. The molecule has 0 spiro atoms. The Hall–Kier alpha value is -1.38. The van der Waals surface area contributed by atoms with Crippen LogP contribution in [0, 0.1) is 12.3 Å². The molecule has 76 valence electrons. The first kappa shape index (κ1) is 10.7. The van der Waals surface area contributed by atoms with E-state index in [0.717, 1.165) is 0 Å². The fraction of sp³-hybridized carbons (Fsp3) is 0.556. The highest BCUT2D eigenvalue weighted by molar-refractivity contribution is 5.00. The van der Waals surface area contributed by atoms with Gasteiger partial charge in [-0.3, -0.25) is 0 Å². The SMILES string of the molecule is C#CCC(N)c1nncn1CCOC. The zero-order valence-corrected chi connectivity index (χ0v) is 8.18. The first-order chi connectivity index (χ1) is 6.79. The maximum Gasteiger partial charge on any atom is 0.150 e. The molecule has 1 rings (SSSR count). The van der Waals surface area contributed by atoms with Crippen LogP contribution < -0.4 is 5.73 Å². The van der Waals surface area contributed by atoms with E-state index in [1.165, 1.54) is 0 Å². The lowest BCUT2D eigenvalue weighted by molar-refractivity contribution is 0.186. The van der Waals surface area contributed by atoms with Gasteiger partial charge in [0.05, 0.1) is 12.6 Å². The lowest BCUT2D eigenvalue weighted by atomic mass is 10.2. The highest BCUT2D eigenvalue weighted by Gasteiger charge is 2.11. The summed E-state index contributed by atoms with van der Waals surface area (Å²) in [6.07, 6.45) is 7.27. The molecule has 0 bridgehead atoms. The molecule has 0 aliphatic heterocycles. The number of aromatic nitrogens is 3. The van der Waals surface area contributed by atoms with Gasteiger partial charge in [0.1, 0.15) is 6.33 Å². The van der Waals surface area contributed by atoms with Crippen LogP contribution in [0.3, 0.4) is 0 Å². The van der Waals surface area contributed by atoms with Gasteiger partial charge in [-0.25, -0.2) is 0 Å². The van der Waals surface area contributed by atoms with E-state index in [4.69, 9.17) is 16.9 Å². The molecule has 0 fully saturated rings. The Morgan fingerprint density at radius 1 is 1.79 bits per heavy atom. The quantitative estimate of drug-likeness (QED) is 0.667. The molecule has 0 aliphatic rings. The van der Waals surface area contributed by atoms with Gasteiger partial charge in [0.25, 0.3) is 0 Å². The van der Waals surface area contributed by atoms with E-state index < -0.39 is 0 Å². The maximum atomic E-state index is 5.82. The Labute approximate surface area is 83.3 Å². The predicted molar refractivity (Wildman–Crippen MR) is 52.3 cm³/mol. The van der Waals surface area contributed by atoms with Gasteiger partial charge in [-0.15, -0.1) is 22.5 Å². The van der Waals surface area contributed by atoms with Gasteiger partial charge in [0, 0.05) is 20.1 Å². The number of nitrogens with two attached hydrogens (primary N) is 1. The molecule has 0 aromatic carbocycles. The van der Waals surface area contributed by atoms with Gasteiger partial charge in [0.2, 0.25) is 0 Å². The topological polar surface area (TPSA) is 66.0 Å². The average molecular weight is 194 g/mol. The van der Waals surface area contributed by atoms with Gasteiger partial charge < -0.3 is 15.0 Å². The molecule has 1 heterocycles. The summed E-state index contributed by atoms with van der Waals surface area (Å²) in [7, 11) is 1.64. The van der Waals surface area contributed by atoms with Crippen LogP contribution >= 0.6 is 0 Å². The summed E-state index contributed by atoms with van der Waals surface area (Å²) in [4.78, 5) is 0. The van der Waals surface area contributed by atoms with Crippen molar-refractivity contribution in [3.63, 3.8) is 0 Å². The summed E-state index contributed by atoms with van der Waals surface area (Å²) in [5.41, 5.74) is 5.82. The molecule has 1 aromatic heterocycles. The minimum Gasteiger partial charge on any atom is -0.383 e. The number of nitrogens with zero attached hydrogens (tertiary/aromatic N) is 3. The minimum atomic E-state index is -0.251. The summed E-state index contributed by atoms with van der Waals surface area (Å²) in [6.45, 7) is 1.30. The molecular weight excluding hydrogens is 180 g/mol. The lowest BCUT2D eigenvalue weighted by Gasteiger charge is -2.09. The van der Waals surface area contributed by atoms with E-state index in [9.17, 15) is 0 Å². The van der Waals surface area contributed by atoms with E-state index >= 15 is 0 Å². The average Bonchev–Trinajstić information content (AvgIpc) is 2.63. The van der Waals surface area contributed by atoms with Crippen molar-refractivity contribution in [2.75, 3.05) is 13.7 Å². The summed E-state index contributed by atoms with van der Waals surface area (Å²) in [6, 6.07) is -0.251. The third-order valence-corrected chi connectivity index (χ3v) is 1.85. The Bertz CT molecular complexity index is 315. The van der Waals surface area contributed by atoms with E-state index in [-0.39, 0.29) is 6.04 Å². The normalized spacial score (nSPS) is 12.4. The second kappa shape index (κ2) is 5.37. The molecule has 0 aliphatic carbocycles. The summed E-state index contributed by atoms with van der Waals surface area (Å²) in [5, 5.41) is 7.71. The predicted octanol–water partition coefficient (Wildman–Crippen LogP) is -0.0524. The van der Waals surface area contributed by atoms with Crippen LogP contribution in [0.4, 0.5) is 0 Å². The molecule has 5 heteroatoms. The van der Waals surface area contributed by atoms with Crippen LogP contribution in [0.2, 0.25) is 0 Å². The number of methoxy groups -OCH3 is 1. The van der Waals surface area contributed by atoms with Crippen molar-refractivity contribution in [2.24, 2.45) is 5.73 Å². The Balaban J connectivity index is 2.67. The molecule has 1 atom stereocenters. The molecular formula is C9H14N4O. The Morgan fingerprint density at radius 2 is 2.57 bits per heavy atom. The van der Waals surface area contributed by atoms with Gasteiger partial charge in [-0.1, -0.05) is 0 Å². The number of hydrogen-bond donors (Lipinski definition) is 1. The van der Waals surface area contributed by atoms with Crippen molar-refractivity contribution < 1.29 is 4.74 Å². The second-order valence-corrected chi connectivity index (χ2v) is 2.89. The number of ether oxygens (including phenoxy) is 1. The standard InChI is InChI=1S/C9H14N4O/c1-3-4-8(10)9-12-11-7-13(9)5-6-14-2/h1,7-8H,4-6,10H2,2H3. The van der Waals surface area contributed by atoms with Crippen LogP contribution in [0.1, 0.15) is 18.3 Å². The molecule has 14 heavy (non-hydrogen) atoms. The molecule has 0 amide bonds. The van der Waals surface area contributed by atoms with Crippen LogP contribution in [0.15, 0.2) is 6.33 Å². The van der Waals surface area contributed by atoms with Crippen molar-refractivity contribution in [1.82, 2.24) is 14.8 Å². The number of rotatable bonds is 5. The molecule has 2 N–H and O–H groups in total. The number of hydrogen-bond acceptors (Lipinski definition) is 4. The van der Waals surface area contributed by atoms with Gasteiger partial charge in [-0.2, -0.15) is 0 Å². The zero-order chi connectivity index (χ0) is 10.4. The highest BCUT2D eigenvalue weighted by atomic mass is 16.5. The van der Waals surface area contributed by atoms with Crippen molar-refractivity contribution >= 4 is 0 Å². The lowest BCUT2D eigenvalue weighted by Crippen LogP contribution is -2.17. The molecule has 0 saturated carbocycles. The monoisotopic (exact) mass is 194 g/mol. The Kier molecular flexibility index (Phi) is 4.11. The summed E-state index contributed by atoms with van der Waals surface area (Å²) in [5.74, 6) is 3.21. The van der Waals surface area contributed by atoms with Crippen molar-refractivity contribution in [1.29, 1.82) is 0 Å². The first-order valence-electron chi connectivity index (χ1n) is 4.35. The summed E-state index contributed by atoms with van der Waals surface area (Å²) < 4.78 is 6.81.